The maximum atomic E-state index is 10.9. The van der Waals surface area contributed by atoms with Gasteiger partial charge in [-0.05, 0) is 60.7 Å². The fraction of sp³-hybridized carbons (Fsp3) is 0. The fourth-order valence-electron chi connectivity index (χ4n) is 3.63. The number of hydrogen-bond donors (Lipinski definition) is 4. The minimum absolute atomic E-state index is 0.0302. The van der Waals surface area contributed by atoms with E-state index in [1.165, 1.54) is 36.4 Å². The molecule has 0 spiro atoms. The Morgan fingerprint density at radius 1 is 0.500 bits per heavy atom. The molecule has 6 rings (SSSR count). The minimum atomic E-state index is -1.02. The molecule has 0 saturated heterocycles. The van der Waals surface area contributed by atoms with Crippen molar-refractivity contribution < 1.29 is 30.0 Å². The zero-order chi connectivity index (χ0) is 25.4. The van der Waals surface area contributed by atoms with E-state index in [0.29, 0.717) is 44.1 Å². The molecule has 10 nitrogen and oxygen atoms in total. The number of phenols is 2. The van der Waals surface area contributed by atoms with Crippen LogP contribution < -0.4 is 0 Å². The average molecular weight is 480 g/mol. The number of carbonyl (C=O) groups is 2. The summed E-state index contributed by atoms with van der Waals surface area (Å²) in [5.74, 6) is -1.93. The number of rotatable bonds is 2. The van der Waals surface area contributed by atoms with Crippen molar-refractivity contribution in [3.05, 3.63) is 83.9 Å². The lowest BCUT2D eigenvalue weighted by atomic mass is 10.2. The number of aromatic nitrogens is 4. The van der Waals surface area contributed by atoms with Gasteiger partial charge >= 0.3 is 11.9 Å². The monoisotopic (exact) mass is 480 g/mol. The Labute approximate surface area is 201 Å². The molecule has 0 radical (unpaired) electrons. The van der Waals surface area contributed by atoms with Gasteiger partial charge in [0.1, 0.15) is 22.5 Å². The SMILES string of the molecule is O=C(O)c1ccc2nc3c(O)cccc3nc2c1.O=C(O)c1ccc2nc3cccc(O)c3nc2c1. The van der Waals surface area contributed by atoms with Crippen molar-refractivity contribution in [2.45, 2.75) is 0 Å². The van der Waals surface area contributed by atoms with Crippen LogP contribution in [-0.4, -0.2) is 52.3 Å². The quantitative estimate of drug-likeness (QED) is 0.261. The van der Waals surface area contributed by atoms with Crippen molar-refractivity contribution in [1.82, 2.24) is 19.9 Å². The Balaban J connectivity index is 0.000000148. The molecule has 2 heterocycles. The summed E-state index contributed by atoms with van der Waals surface area (Å²) in [6, 6.07) is 18.9. The molecule has 0 aliphatic carbocycles. The van der Waals surface area contributed by atoms with E-state index in [4.69, 9.17) is 10.2 Å². The van der Waals surface area contributed by atoms with Crippen molar-refractivity contribution >= 4 is 56.1 Å². The first-order valence-corrected chi connectivity index (χ1v) is 10.6. The summed E-state index contributed by atoms with van der Waals surface area (Å²) >= 11 is 0. The van der Waals surface area contributed by atoms with E-state index in [0.717, 1.165) is 0 Å². The molecule has 0 aliphatic heterocycles. The smallest absolute Gasteiger partial charge is 0.335 e. The molecule has 0 saturated carbocycles. The second-order valence-corrected chi connectivity index (χ2v) is 7.75. The highest BCUT2D eigenvalue weighted by Crippen LogP contribution is 2.25. The van der Waals surface area contributed by atoms with Gasteiger partial charge in [0.05, 0.1) is 44.2 Å². The van der Waals surface area contributed by atoms with E-state index in [1.54, 1.807) is 36.4 Å². The van der Waals surface area contributed by atoms with Crippen molar-refractivity contribution in [2.75, 3.05) is 0 Å². The van der Waals surface area contributed by atoms with Crippen LogP contribution in [0.5, 0.6) is 11.5 Å². The summed E-state index contributed by atoms with van der Waals surface area (Å²) in [5.41, 5.74) is 4.28. The Morgan fingerprint density at radius 3 is 1.42 bits per heavy atom. The minimum Gasteiger partial charge on any atom is -0.506 e. The van der Waals surface area contributed by atoms with Crippen LogP contribution in [0, 0.1) is 0 Å². The number of fused-ring (bicyclic) bond motifs is 4. The van der Waals surface area contributed by atoms with Crippen molar-refractivity contribution in [1.29, 1.82) is 0 Å². The molecule has 0 amide bonds. The number of carboxylic acid groups (broad SMARTS) is 2. The van der Waals surface area contributed by atoms with Gasteiger partial charge in [0.15, 0.2) is 0 Å². The molecule has 0 unspecified atom stereocenters. The normalized spacial score (nSPS) is 10.9. The lowest BCUT2D eigenvalue weighted by Crippen LogP contribution is -1.97. The summed E-state index contributed by atoms with van der Waals surface area (Å²) < 4.78 is 0. The molecule has 2 aromatic heterocycles. The van der Waals surface area contributed by atoms with Gasteiger partial charge in [-0.15, -0.1) is 0 Å². The molecular formula is C26H16N4O6. The van der Waals surface area contributed by atoms with Gasteiger partial charge in [-0.2, -0.15) is 0 Å². The van der Waals surface area contributed by atoms with Gasteiger partial charge in [0.2, 0.25) is 0 Å². The third kappa shape index (κ3) is 4.14. The first-order valence-electron chi connectivity index (χ1n) is 10.6. The summed E-state index contributed by atoms with van der Waals surface area (Å²) in [7, 11) is 0. The van der Waals surface area contributed by atoms with Gasteiger partial charge < -0.3 is 20.4 Å². The number of phenolic OH excluding ortho intramolecular Hbond substituents is 2. The number of nitrogens with zero attached hydrogens (tertiary/aromatic N) is 4. The number of carboxylic acids is 2. The highest BCUT2D eigenvalue weighted by atomic mass is 16.4. The second kappa shape index (κ2) is 8.76. The number of benzene rings is 4. The number of para-hydroxylation sites is 2. The third-order valence-electron chi connectivity index (χ3n) is 5.38. The van der Waals surface area contributed by atoms with Crippen LogP contribution in [0.15, 0.2) is 72.8 Å². The molecule has 36 heavy (non-hydrogen) atoms. The maximum absolute atomic E-state index is 10.9. The van der Waals surface area contributed by atoms with Crippen LogP contribution in [0.25, 0.3) is 44.1 Å². The molecule has 0 atom stereocenters. The number of aromatic carboxylic acids is 2. The zero-order valence-electron chi connectivity index (χ0n) is 18.3. The van der Waals surface area contributed by atoms with Gasteiger partial charge in [0, 0.05) is 0 Å². The Hall–Kier alpha value is -5.38. The van der Waals surface area contributed by atoms with E-state index in [1.807, 2.05) is 0 Å². The van der Waals surface area contributed by atoms with Crippen molar-refractivity contribution in [2.24, 2.45) is 0 Å². The van der Waals surface area contributed by atoms with E-state index in [2.05, 4.69) is 19.9 Å². The van der Waals surface area contributed by atoms with Crippen LogP contribution in [0.2, 0.25) is 0 Å². The van der Waals surface area contributed by atoms with E-state index in [-0.39, 0.29) is 22.6 Å². The van der Waals surface area contributed by atoms with E-state index in [9.17, 15) is 19.8 Å². The standard InChI is InChI=1S/2C13H8N2O3/c16-11-3-1-2-9-12(11)15-8-5-4-7(13(17)18)6-10(8)14-9;16-11-3-1-2-9-12(11)15-10-6-7(13(17)18)4-5-8(10)14-9/h2*1-6,16H,(H,17,18). The summed E-state index contributed by atoms with van der Waals surface area (Å²) in [4.78, 5) is 38.9. The highest BCUT2D eigenvalue weighted by molar-refractivity contribution is 5.96. The first-order chi connectivity index (χ1) is 17.3. The van der Waals surface area contributed by atoms with Crippen LogP contribution in [0.3, 0.4) is 0 Å². The van der Waals surface area contributed by atoms with Gasteiger partial charge in [-0.25, -0.2) is 29.5 Å². The van der Waals surface area contributed by atoms with Crippen LogP contribution >= 0.6 is 0 Å². The largest absolute Gasteiger partial charge is 0.506 e. The number of hydrogen-bond acceptors (Lipinski definition) is 8. The molecule has 4 aromatic carbocycles. The van der Waals surface area contributed by atoms with Crippen molar-refractivity contribution in [3.63, 3.8) is 0 Å². The topological polar surface area (TPSA) is 167 Å². The number of aromatic hydroxyl groups is 2. The van der Waals surface area contributed by atoms with Gasteiger partial charge in [0.25, 0.3) is 0 Å². The summed E-state index contributed by atoms with van der Waals surface area (Å²) in [5, 5.41) is 37.2. The lowest BCUT2D eigenvalue weighted by molar-refractivity contribution is 0.0686. The predicted octanol–water partition coefficient (Wildman–Crippen LogP) is 4.37. The maximum Gasteiger partial charge on any atom is 0.335 e. The van der Waals surface area contributed by atoms with Gasteiger partial charge in [-0.1, -0.05) is 12.1 Å². The molecular weight excluding hydrogens is 464 g/mol. The molecule has 176 valence electrons. The highest BCUT2D eigenvalue weighted by Gasteiger charge is 2.10. The molecule has 0 fully saturated rings. The second-order valence-electron chi connectivity index (χ2n) is 7.75. The Morgan fingerprint density at radius 2 is 0.917 bits per heavy atom. The van der Waals surface area contributed by atoms with Crippen LogP contribution in [0.1, 0.15) is 20.7 Å². The van der Waals surface area contributed by atoms with Crippen LogP contribution in [0.4, 0.5) is 0 Å². The average Bonchev–Trinajstić information content (AvgIpc) is 2.87. The van der Waals surface area contributed by atoms with Crippen molar-refractivity contribution in [3.8, 4) is 11.5 Å². The molecule has 10 heteroatoms. The zero-order valence-corrected chi connectivity index (χ0v) is 18.3. The first kappa shape index (κ1) is 22.4. The Kier molecular flexibility index (Phi) is 5.46. The van der Waals surface area contributed by atoms with E-state index < -0.39 is 11.9 Å². The molecule has 0 bridgehead atoms. The van der Waals surface area contributed by atoms with Crippen LogP contribution in [-0.2, 0) is 0 Å². The third-order valence-corrected chi connectivity index (χ3v) is 5.38. The van der Waals surface area contributed by atoms with Gasteiger partial charge in [-0.3, -0.25) is 0 Å². The molecule has 4 N–H and O–H groups in total. The molecule has 0 aliphatic rings. The summed E-state index contributed by atoms with van der Waals surface area (Å²) in [6.45, 7) is 0. The van der Waals surface area contributed by atoms with E-state index >= 15 is 0 Å². The predicted molar refractivity (Wildman–Crippen MR) is 131 cm³/mol. The lowest BCUT2D eigenvalue weighted by Gasteiger charge is -2.03. The fourth-order valence-corrected chi connectivity index (χ4v) is 3.63. The summed E-state index contributed by atoms with van der Waals surface area (Å²) in [6.07, 6.45) is 0. The molecule has 6 aromatic rings. The Bertz CT molecular complexity index is 1840.